The Hall–Kier alpha value is -3.23. The highest BCUT2D eigenvalue weighted by atomic mass is 16.4. The Balaban J connectivity index is 1.40. The van der Waals surface area contributed by atoms with Gasteiger partial charge in [0.15, 0.2) is 5.69 Å². The van der Waals surface area contributed by atoms with Crippen molar-refractivity contribution in [1.29, 1.82) is 0 Å². The minimum absolute atomic E-state index is 0.0642. The lowest BCUT2D eigenvalue weighted by Crippen LogP contribution is -2.51. The van der Waals surface area contributed by atoms with Crippen LogP contribution in [0.25, 0.3) is 0 Å². The lowest BCUT2D eigenvalue weighted by molar-refractivity contribution is -0.140. The SMILES string of the molecule is O=C(O)c1cn(CC(=O)N2CCN(C(=O)CCCc3ccccc3)CC2)nn1. The second-order valence-electron chi connectivity index (χ2n) is 6.71. The first kappa shape index (κ1) is 19.5. The fraction of sp³-hybridized carbons (Fsp3) is 0.421. The number of aromatic carboxylic acids is 1. The van der Waals surface area contributed by atoms with Crippen LogP contribution in [0.2, 0.25) is 0 Å². The van der Waals surface area contributed by atoms with E-state index < -0.39 is 5.97 Å². The van der Waals surface area contributed by atoms with Crippen molar-refractivity contribution in [3.8, 4) is 0 Å². The molecule has 1 aliphatic rings. The molecular weight excluding hydrogens is 362 g/mol. The van der Waals surface area contributed by atoms with E-state index in [1.807, 2.05) is 18.2 Å². The highest BCUT2D eigenvalue weighted by Gasteiger charge is 2.24. The number of nitrogens with zero attached hydrogens (tertiary/aromatic N) is 5. The summed E-state index contributed by atoms with van der Waals surface area (Å²) in [6, 6.07) is 10.1. The van der Waals surface area contributed by atoms with Gasteiger partial charge in [-0.25, -0.2) is 9.48 Å². The number of amides is 2. The van der Waals surface area contributed by atoms with Crippen molar-refractivity contribution in [3.05, 3.63) is 47.8 Å². The molecule has 0 radical (unpaired) electrons. The molecule has 1 aromatic carbocycles. The number of carbonyl (C=O) groups excluding carboxylic acids is 2. The molecule has 0 atom stereocenters. The van der Waals surface area contributed by atoms with Crippen molar-refractivity contribution >= 4 is 17.8 Å². The van der Waals surface area contributed by atoms with E-state index in [-0.39, 0.29) is 24.1 Å². The molecule has 0 aliphatic carbocycles. The number of benzene rings is 1. The van der Waals surface area contributed by atoms with E-state index in [9.17, 15) is 14.4 Å². The average molecular weight is 385 g/mol. The molecular formula is C19H23N5O4. The largest absolute Gasteiger partial charge is 0.476 e. The summed E-state index contributed by atoms with van der Waals surface area (Å²) < 4.78 is 1.22. The van der Waals surface area contributed by atoms with Crippen LogP contribution in [0.1, 0.15) is 28.9 Å². The molecule has 1 N–H and O–H groups in total. The zero-order valence-electron chi connectivity index (χ0n) is 15.5. The number of carboxylic acids is 1. The van der Waals surface area contributed by atoms with Gasteiger partial charge in [-0.2, -0.15) is 0 Å². The van der Waals surface area contributed by atoms with Crippen molar-refractivity contribution < 1.29 is 19.5 Å². The molecule has 2 amide bonds. The van der Waals surface area contributed by atoms with Gasteiger partial charge in [-0.3, -0.25) is 9.59 Å². The molecule has 0 unspecified atom stereocenters. The summed E-state index contributed by atoms with van der Waals surface area (Å²) in [5.74, 6) is -1.23. The zero-order valence-corrected chi connectivity index (χ0v) is 15.5. The topological polar surface area (TPSA) is 109 Å². The number of aromatic nitrogens is 3. The summed E-state index contributed by atoms with van der Waals surface area (Å²) in [5, 5.41) is 16.0. The summed E-state index contributed by atoms with van der Waals surface area (Å²) in [6.45, 7) is 1.88. The highest BCUT2D eigenvalue weighted by molar-refractivity contribution is 5.85. The normalized spacial score (nSPS) is 14.1. The van der Waals surface area contributed by atoms with Crippen LogP contribution in [0.15, 0.2) is 36.5 Å². The minimum atomic E-state index is -1.18. The molecule has 0 saturated carbocycles. The van der Waals surface area contributed by atoms with Crippen LogP contribution in [0.4, 0.5) is 0 Å². The van der Waals surface area contributed by atoms with Crippen LogP contribution in [-0.4, -0.2) is 73.9 Å². The molecule has 28 heavy (non-hydrogen) atoms. The lowest BCUT2D eigenvalue weighted by Gasteiger charge is -2.34. The molecule has 1 aromatic heterocycles. The number of hydrogen-bond acceptors (Lipinski definition) is 5. The van der Waals surface area contributed by atoms with Crippen molar-refractivity contribution in [1.82, 2.24) is 24.8 Å². The Kier molecular flexibility index (Phi) is 6.36. The molecule has 1 fully saturated rings. The maximum Gasteiger partial charge on any atom is 0.358 e. The summed E-state index contributed by atoms with van der Waals surface area (Å²) in [7, 11) is 0. The Morgan fingerprint density at radius 1 is 0.964 bits per heavy atom. The van der Waals surface area contributed by atoms with Crippen molar-refractivity contribution in [2.24, 2.45) is 0 Å². The Bertz CT molecular complexity index is 828. The quantitative estimate of drug-likeness (QED) is 0.750. The minimum Gasteiger partial charge on any atom is -0.476 e. The molecule has 2 aromatic rings. The third kappa shape index (κ3) is 5.15. The first-order chi connectivity index (χ1) is 13.5. The maximum absolute atomic E-state index is 12.4. The highest BCUT2D eigenvalue weighted by Crippen LogP contribution is 2.09. The van der Waals surface area contributed by atoms with Gasteiger partial charge in [-0.05, 0) is 18.4 Å². The second kappa shape index (κ2) is 9.12. The molecule has 9 nitrogen and oxygen atoms in total. The fourth-order valence-corrected chi connectivity index (χ4v) is 3.16. The molecule has 1 aliphatic heterocycles. The van der Waals surface area contributed by atoms with E-state index in [0.29, 0.717) is 32.6 Å². The van der Waals surface area contributed by atoms with E-state index in [0.717, 1.165) is 12.8 Å². The monoisotopic (exact) mass is 385 g/mol. The molecule has 0 spiro atoms. The third-order valence-corrected chi connectivity index (χ3v) is 4.74. The number of aryl methyl sites for hydroxylation is 1. The van der Waals surface area contributed by atoms with Crippen LogP contribution >= 0.6 is 0 Å². The van der Waals surface area contributed by atoms with Crippen LogP contribution in [0.5, 0.6) is 0 Å². The van der Waals surface area contributed by atoms with Crippen LogP contribution in [-0.2, 0) is 22.6 Å². The van der Waals surface area contributed by atoms with Gasteiger partial charge in [0, 0.05) is 32.6 Å². The van der Waals surface area contributed by atoms with Crippen molar-refractivity contribution in [3.63, 3.8) is 0 Å². The molecule has 3 rings (SSSR count). The van der Waals surface area contributed by atoms with E-state index >= 15 is 0 Å². The Morgan fingerprint density at radius 2 is 1.61 bits per heavy atom. The summed E-state index contributed by atoms with van der Waals surface area (Å²) in [6.07, 6.45) is 3.41. The smallest absolute Gasteiger partial charge is 0.358 e. The number of piperazine rings is 1. The second-order valence-corrected chi connectivity index (χ2v) is 6.71. The van der Waals surface area contributed by atoms with E-state index in [1.54, 1.807) is 9.80 Å². The van der Waals surface area contributed by atoms with Crippen LogP contribution < -0.4 is 0 Å². The van der Waals surface area contributed by atoms with Crippen LogP contribution in [0, 0.1) is 0 Å². The molecule has 1 saturated heterocycles. The third-order valence-electron chi connectivity index (χ3n) is 4.74. The number of carbonyl (C=O) groups is 3. The summed E-state index contributed by atoms with van der Waals surface area (Å²) in [4.78, 5) is 39.0. The Morgan fingerprint density at radius 3 is 2.21 bits per heavy atom. The van der Waals surface area contributed by atoms with Gasteiger partial charge in [-0.15, -0.1) is 5.10 Å². The van der Waals surface area contributed by atoms with Gasteiger partial charge in [0.1, 0.15) is 6.54 Å². The zero-order chi connectivity index (χ0) is 19.9. The number of carboxylic acid groups (broad SMARTS) is 1. The van der Waals surface area contributed by atoms with Gasteiger partial charge in [0.25, 0.3) is 0 Å². The van der Waals surface area contributed by atoms with Crippen molar-refractivity contribution in [2.75, 3.05) is 26.2 Å². The fourth-order valence-electron chi connectivity index (χ4n) is 3.16. The lowest BCUT2D eigenvalue weighted by atomic mass is 10.1. The Labute approximate surface area is 162 Å². The molecule has 2 heterocycles. The predicted molar refractivity (Wildman–Crippen MR) is 99.5 cm³/mol. The maximum atomic E-state index is 12.4. The summed E-state index contributed by atoms with van der Waals surface area (Å²) >= 11 is 0. The summed E-state index contributed by atoms with van der Waals surface area (Å²) in [5.41, 5.74) is 1.03. The van der Waals surface area contributed by atoms with E-state index in [1.165, 1.54) is 16.4 Å². The van der Waals surface area contributed by atoms with Crippen molar-refractivity contribution in [2.45, 2.75) is 25.8 Å². The van der Waals surface area contributed by atoms with E-state index in [2.05, 4.69) is 22.4 Å². The average Bonchev–Trinajstić information content (AvgIpc) is 3.17. The van der Waals surface area contributed by atoms with Gasteiger partial charge in [0.05, 0.1) is 6.20 Å². The van der Waals surface area contributed by atoms with Gasteiger partial charge < -0.3 is 14.9 Å². The standard InChI is InChI=1S/C19H23N5O4/c25-17(8-4-7-15-5-2-1-3-6-15)22-9-11-23(12-10-22)18(26)14-24-13-16(19(27)28)20-21-24/h1-3,5-6,13H,4,7-12,14H2,(H,27,28). The van der Waals surface area contributed by atoms with Crippen LogP contribution in [0.3, 0.4) is 0 Å². The van der Waals surface area contributed by atoms with E-state index in [4.69, 9.17) is 5.11 Å². The first-order valence-corrected chi connectivity index (χ1v) is 9.26. The molecule has 9 heteroatoms. The van der Waals surface area contributed by atoms with Gasteiger partial charge in [0.2, 0.25) is 11.8 Å². The predicted octanol–water partition coefficient (Wildman–Crippen LogP) is 0.670. The van der Waals surface area contributed by atoms with Gasteiger partial charge >= 0.3 is 5.97 Å². The molecule has 148 valence electrons. The number of hydrogen-bond donors (Lipinski definition) is 1. The first-order valence-electron chi connectivity index (χ1n) is 9.26. The van der Waals surface area contributed by atoms with Gasteiger partial charge in [-0.1, -0.05) is 35.5 Å². The number of rotatable bonds is 7. The molecule has 0 bridgehead atoms.